The van der Waals surface area contributed by atoms with E-state index in [1.165, 1.54) is 12.1 Å². The van der Waals surface area contributed by atoms with Crippen molar-refractivity contribution in [3.8, 4) is 0 Å². The fourth-order valence-corrected chi connectivity index (χ4v) is 3.93. The van der Waals surface area contributed by atoms with Gasteiger partial charge < -0.3 is 14.4 Å². The fraction of sp³-hybridized carbons (Fsp3) is 0.364. The van der Waals surface area contributed by atoms with Gasteiger partial charge in [0.05, 0.1) is 24.5 Å². The predicted molar refractivity (Wildman–Crippen MR) is 99.6 cm³/mol. The Bertz CT molecular complexity index is 963. The first kappa shape index (κ1) is 17.5. The van der Waals surface area contributed by atoms with Crippen LogP contribution in [-0.4, -0.2) is 31.4 Å². The van der Waals surface area contributed by atoms with Crippen LogP contribution in [0.3, 0.4) is 0 Å². The van der Waals surface area contributed by atoms with Crippen molar-refractivity contribution in [3.63, 3.8) is 0 Å². The number of ether oxygens (including phenoxy) is 2. The van der Waals surface area contributed by atoms with Crippen molar-refractivity contribution in [2.45, 2.75) is 25.0 Å². The maximum Gasteiger partial charge on any atom is 0.292 e. The molecule has 0 unspecified atom stereocenters. The van der Waals surface area contributed by atoms with Crippen LogP contribution in [0.25, 0.3) is 0 Å². The number of halogens is 1. The smallest absolute Gasteiger partial charge is 0.292 e. The van der Waals surface area contributed by atoms with Crippen LogP contribution in [0.4, 0.5) is 10.1 Å². The molecule has 2 aliphatic heterocycles. The van der Waals surface area contributed by atoms with Crippen LogP contribution in [0.5, 0.6) is 0 Å². The highest BCUT2D eigenvalue weighted by molar-refractivity contribution is 6.11. The zero-order chi connectivity index (χ0) is 19.3. The minimum absolute atomic E-state index is 0.00106. The van der Waals surface area contributed by atoms with E-state index in [1.54, 1.807) is 35.2 Å². The zero-order valence-corrected chi connectivity index (χ0v) is 15.3. The number of hydrogen-bond acceptors (Lipinski definition) is 4. The summed E-state index contributed by atoms with van der Waals surface area (Å²) in [5.74, 6) is -2.23. The minimum Gasteiger partial charge on any atom is -0.338 e. The summed E-state index contributed by atoms with van der Waals surface area (Å²) in [6.45, 7) is 1.45. The summed E-state index contributed by atoms with van der Waals surface area (Å²) in [7, 11) is 0. The van der Waals surface area contributed by atoms with Gasteiger partial charge in [0.2, 0.25) is 0 Å². The molecule has 2 fully saturated rings. The Balaban J connectivity index is 1.59. The first-order valence-corrected chi connectivity index (χ1v) is 9.64. The second-order valence-corrected chi connectivity index (χ2v) is 7.57. The molecule has 0 radical (unpaired) electrons. The van der Waals surface area contributed by atoms with Crippen molar-refractivity contribution in [2.75, 3.05) is 24.7 Å². The summed E-state index contributed by atoms with van der Waals surface area (Å²) in [5.41, 5.74) is 1.56. The Morgan fingerprint density at radius 2 is 1.89 bits per heavy atom. The Morgan fingerprint density at radius 3 is 2.61 bits per heavy atom. The van der Waals surface area contributed by atoms with Gasteiger partial charge in [-0.15, -0.1) is 0 Å². The lowest BCUT2D eigenvalue weighted by Crippen LogP contribution is -2.47. The van der Waals surface area contributed by atoms with Gasteiger partial charge >= 0.3 is 0 Å². The summed E-state index contributed by atoms with van der Waals surface area (Å²) < 4.78 is 25.8. The van der Waals surface area contributed by atoms with Crippen LogP contribution >= 0.6 is 0 Å². The van der Waals surface area contributed by atoms with Crippen LogP contribution in [0, 0.1) is 11.7 Å². The molecular formula is C22H20FNO4. The number of carbonyl (C=O) groups excluding carboxylic acids is 2. The lowest BCUT2D eigenvalue weighted by atomic mass is 9.97. The van der Waals surface area contributed by atoms with Gasteiger partial charge in [-0.05, 0) is 55.5 Å². The van der Waals surface area contributed by atoms with E-state index in [0.717, 1.165) is 12.8 Å². The topological polar surface area (TPSA) is 55.8 Å². The molecular weight excluding hydrogens is 361 g/mol. The first-order chi connectivity index (χ1) is 13.6. The Hall–Kier alpha value is -2.57. The minimum atomic E-state index is -1.49. The predicted octanol–water partition coefficient (Wildman–Crippen LogP) is 3.40. The number of carbonyl (C=O) groups is 2. The highest BCUT2D eigenvalue weighted by Crippen LogP contribution is 2.47. The van der Waals surface area contributed by atoms with E-state index >= 15 is 0 Å². The Labute approximate surface area is 162 Å². The van der Waals surface area contributed by atoms with Crippen molar-refractivity contribution < 1.29 is 23.5 Å². The van der Waals surface area contributed by atoms with Crippen molar-refractivity contribution >= 4 is 17.4 Å². The van der Waals surface area contributed by atoms with Gasteiger partial charge in [0.1, 0.15) is 5.82 Å². The maximum absolute atomic E-state index is 14.1. The summed E-state index contributed by atoms with van der Waals surface area (Å²) in [4.78, 5) is 27.8. The molecule has 5 nitrogen and oxygen atoms in total. The van der Waals surface area contributed by atoms with Crippen LogP contribution in [0.15, 0.2) is 42.5 Å². The number of nitrogens with zero attached hydrogens (tertiary/aromatic N) is 1. The molecule has 28 heavy (non-hydrogen) atoms. The molecule has 0 N–H and O–H groups in total. The lowest BCUT2D eigenvalue weighted by molar-refractivity contribution is -0.256. The third-order valence-electron chi connectivity index (χ3n) is 5.59. The molecule has 0 aromatic heterocycles. The maximum atomic E-state index is 14.1. The van der Waals surface area contributed by atoms with Gasteiger partial charge in [-0.25, -0.2) is 4.39 Å². The second-order valence-electron chi connectivity index (χ2n) is 7.57. The molecule has 1 aliphatic carbocycles. The van der Waals surface area contributed by atoms with E-state index < -0.39 is 17.4 Å². The molecule has 2 aromatic carbocycles. The van der Waals surface area contributed by atoms with Gasteiger partial charge in [-0.2, -0.15) is 0 Å². The Kier molecular flexibility index (Phi) is 4.07. The standard InChI is InChI=1S/C22H20FNO4/c23-18-5-2-1-4-16(18)20(25)15-8-9-19-17(12-15)22(27-10-3-11-28-22)21(26)24(19)13-14-6-7-14/h1-2,4-5,8-9,12,14H,3,6-7,10-11,13H2. The largest absolute Gasteiger partial charge is 0.338 e. The van der Waals surface area contributed by atoms with E-state index in [9.17, 15) is 14.0 Å². The SMILES string of the molecule is O=C(c1ccc2c(c1)C1(OCCCO1)C(=O)N2CC1CC1)c1ccccc1F. The van der Waals surface area contributed by atoms with Crippen LogP contribution in [0.1, 0.15) is 40.7 Å². The van der Waals surface area contributed by atoms with Crippen LogP contribution in [-0.2, 0) is 20.1 Å². The summed E-state index contributed by atoms with van der Waals surface area (Å²) in [5, 5.41) is 0. The zero-order valence-electron chi connectivity index (χ0n) is 15.3. The van der Waals surface area contributed by atoms with Gasteiger partial charge in [0.15, 0.2) is 5.78 Å². The average Bonchev–Trinajstić information content (AvgIpc) is 3.52. The molecule has 1 amide bonds. The van der Waals surface area contributed by atoms with E-state index in [-0.39, 0.29) is 11.5 Å². The molecule has 3 aliphatic rings. The fourth-order valence-electron chi connectivity index (χ4n) is 3.93. The van der Waals surface area contributed by atoms with Crippen molar-refractivity contribution in [3.05, 3.63) is 65.0 Å². The summed E-state index contributed by atoms with van der Waals surface area (Å²) in [6.07, 6.45) is 2.93. The third-order valence-corrected chi connectivity index (χ3v) is 5.59. The number of ketones is 1. The van der Waals surface area contributed by atoms with E-state index in [0.29, 0.717) is 48.9 Å². The third kappa shape index (κ3) is 2.67. The average molecular weight is 381 g/mol. The van der Waals surface area contributed by atoms with Crippen molar-refractivity contribution in [1.82, 2.24) is 0 Å². The highest BCUT2D eigenvalue weighted by Gasteiger charge is 2.55. The van der Waals surface area contributed by atoms with Crippen molar-refractivity contribution in [1.29, 1.82) is 0 Å². The molecule has 2 aromatic rings. The molecule has 0 bridgehead atoms. The molecule has 1 saturated heterocycles. The van der Waals surface area contributed by atoms with E-state index in [2.05, 4.69) is 0 Å². The number of anilines is 1. The molecule has 144 valence electrons. The highest BCUT2D eigenvalue weighted by atomic mass is 19.1. The van der Waals surface area contributed by atoms with Gasteiger partial charge in [0, 0.05) is 17.7 Å². The van der Waals surface area contributed by atoms with Crippen LogP contribution < -0.4 is 4.90 Å². The van der Waals surface area contributed by atoms with Crippen LogP contribution in [0.2, 0.25) is 0 Å². The normalized spacial score (nSPS) is 20.5. The second kappa shape index (κ2) is 6.50. The summed E-state index contributed by atoms with van der Waals surface area (Å²) in [6, 6.07) is 10.9. The Morgan fingerprint density at radius 1 is 1.14 bits per heavy atom. The number of hydrogen-bond donors (Lipinski definition) is 0. The molecule has 6 heteroatoms. The number of fused-ring (bicyclic) bond motifs is 2. The number of benzene rings is 2. The molecule has 1 spiro atoms. The molecule has 0 atom stereocenters. The van der Waals surface area contributed by atoms with Gasteiger partial charge in [-0.1, -0.05) is 12.1 Å². The van der Waals surface area contributed by atoms with Gasteiger partial charge in [0.25, 0.3) is 11.7 Å². The van der Waals surface area contributed by atoms with Gasteiger partial charge in [-0.3, -0.25) is 9.59 Å². The van der Waals surface area contributed by atoms with Crippen molar-refractivity contribution in [2.24, 2.45) is 5.92 Å². The molecule has 2 heterocycles. The number of amides is 1. The lowest BCUT2D eigenvalue weighted by Gasteiger charge is -2.32. The molecule has 5 rings (SSSR count). The first-order valence-electron chi connectivity index (χ1n) is 9.64. The van der Waals surface area contributed by atoms with E-state index in [1.807, 2.05) is 0 Å². The molecule has 1 saturated carbocycles. The monoisotopic (exact) mass is 381 g/mol. The summed E-state index contributed by atoms with van der Waals surface area (Å²) >= 11 is 0. The number of rotatable bonds is 4. The van der Waals surface area contributed by atoms with E-state index in [4.69, 9.17) is 9.47 Å². The quantitative estimate of drug-likeness (QED) is 0.762.